The summed E-state index contributed by atoms with van der Waals surface area (Å²) in [5.74, 6) is 5.30. The molecule has 4 unspecified atom stereocenters. The molecule has 0 spiro atoms. The fraction of sp³-hybridized carbons (Fsp3) is 0.500. The molecule has 2 N–H and O–H groups in total. The molecule has 2 bridgehead atoms. The molecule has 1 aromatic heterocycles. The number of para-hydroxylation sites is 1. The van der Waals surface area contributed by atoms with E-state index in [-0.39, 0.29) is 0 Å². The van der Waals surface area contributed by atoms with Crippen molar-refractivity contribution in [1.29, 1.82) is 0 Å². The monoisotopic (exact) mass is 279 g/mol. The lowest BCUT2D eigenvalue weighted by Gasteiger charge is -2.06. The standard InChI is InChI=1S/C18H21N3/c1-10-17(16-14-11-7-8-12(9-11)15(14)16)20-21(18(10)19)13-5-3-2-4-6-13/h2-6,11-12,14-16H,7-9,19H2,1H3. The van der Waals surface area contributed by atoms with Crippen molar-refractivity contribution in [2.24, 2.45) is 23.7 Å². The molecule has 1 heterocycles. The van der Waals surface area contributed by atoms with Crippen LogP contribution in [0.15, 0.2) is 30.3 Å². The van der Waals surface area contributed by atoms with Gasteiger partial charge in [-0.2, -0.15) is 5.10 Å². The van der Waals surface area contributed by atoms with E-state index in [0.29, 0.717) is 5.92 Å². The first-order valence-electron chi connectivity index (χ1n) is 8.16. The van der Waals surface area contributed by atoms with E-state index in [4.69, 9.17) is 10.8 Å². The van der Waals surface area contributed by atoms with Crippen molar-refractivity contribution in [2.45, 2.75) is 32.1 Å². The molecule has 4 atom stereocenters. The van der Waals surface area contributed by atoms with Gasteiger partial charge in [0.25, 0.3) is 0 Å². The maximum atomic E-state index is 6.34. The first-order chi connectivity index (χ1) is 10.3. The average Bonchev–Trinajstić information content (AvgIpc) is 2.82. The van der Waals surface area contributed by atoms with E-state index in [2.05, 4.69) is 19.1 Å². The Labute approximate surface area is 125 Å². The molecule has 5 rings (SSSR count). The van der Waals surface area contributed by atoms with Gasteiger partial charge in [-0.3, -0.25) is 0 Å². The summed E-state index contributed by atoms with van der Waals surface area (Å²) in [6, 6.07) is 10.3. The Balaban J connectivity index is 1.55. The Kier molecular flexibility index (Phi) is 2.20. The van der Waals surface area contributed by atoms with Gasteiger partial charge in [0.1, 0.15) is 5.82 Å². The van der Waals surface area contributed by atoms with Gasteiger partial charge in [0.05, 0.1) is 11.4 Å². The Hall–Kier alpha value is -1.77. The SMILES string of the molecule is Cc1c(C2C3C4CCC(C4)C23)nn(-c2ccccc2)c1N. The molecule has 3 nitrogen and oxygen atoms in total. The molecule has 0 amide bonds. The first kappa shape index (κ1) is 11.8. The summed E-state index contributed by atoms with van der Waals surface area (Å²) in [6.45, 7) is 2.15. The lowest BCUT2D eigenvalue weighted by Crippen LogP contribution is -2.02. The van der Waals surface area contributed by atoms with Gasteiger partial charge in [0.15, 0.2) is 0 Å². The zero-order chi connectivity index (χ0) is 14.1. The predicted molar refractivity (Wildman–Crippen MR) is 83.3 cm³/mol. The predicted octanol–water partition coefficient (Wildman–Crippen LogP) is 3.52. The molecule has 21 heavy (non-hydrogen) atoms. The molecule has 3 aliphatic carbocycles. The summed E-state index contributed by atoms with van der Waals surface area (Å²) in [5.41, 5.74) is 9.89. The van der Waals surface area contributed by atoms with Crippen LogP contribution in [0.3, 0.4) is 0 Å². The van der Waals surface area contributed by atoms with Crippen molar-refractivity contribution in [3.05, 3.63) is 41.6 Å². The van der Waals surface area contributed by atoms with Gasteiger partial charge >= 0.3 is 0 Å². The van der Waals surface area contributed by atoms with Crippen LogP contribution in [0.1, 0.15) is 36.4 Å². The second-order valence-electron chi connectivity index (χ2n) is 7.16. The maximum Gasteiger partial charge on any atom is 0.130 e. The van der Waals surface area contributed by atoms with Gasteiger partial charge in [-0.15, -0.1) is 0 Å². The van der Waals surface area contributed by atoms with Crippen LogP contribution in [0, 0.1) is 30.6 Å². The summed E-state index contributed by atoms with van der Waals surface area (Å²) in [6.07, 6.45) is 4.40. The molecule has 3 fully saturated rings. The second-order valence-corrected chi connectivity index (χ2v) is 7.16. The first-order valence-corrected chi connectivity index (χ1v) is 8.16. The fourth-order valence-electron chi connectivity index (χ4n) is 5.30. The van der Waals surface area contributed by atoms with Crippen molar-refractivity contribution < 1.29 is 0 Å². The number of nitrogen functional groups attached to an aromatic ring is 1. The number of hydrogen-bond donors (Lipinski definition) is 1. The van der Waals surface area contributed by atoms with Gasteiger partial charge in [-0.1, -0.05) is 18.2 Å². The minimum atomic E-state index is 0.698. The highest BCUT2D eigenvalue weighted by Crippen LogP contribution is 2.73. The summed E-state index contributed by atoms with van der Waals surface area (Å²) >= 11 is 0. The minimum absolute atomic E-state index is 0.698. The van der Waals surface area contributed by atoms with Crippen molar-refractivity contribution >= 4 is 5.82 Å². The summed E-state index contributed by atoms with van der Waals surface area (Å²) in [7, 11) is 0. The second kappa shape index (κ2) is 3.90. The van der Waals surface area contributed by atoms with Crippen LogP contribution >= 0.6 is 0 Å². The van der Waals surface area contributed by atoms with Crippen molar-refractivity contribution in [1.82, 2.24) is 9.78 Å². The minimum Gasteiger partial charge on any atom is -0.383 e. The molecule has 0 radical (unpaired) electrons. The number of benzene rings is 1. The molecule has 0 saturated heterocycles. The average molecular weight is 279 g/mol. The molecular weight excluding hydrogens is 258 g/mol. The van der Waals surface area contributed by atoms with Gasteiger partial charge in [0.2, 0.25) is 0 Å². The van der Waals surface area contributed by atoms with E-state index in [0.717, 1.165) is 35.2 Å². The number of aromatic nitrogens is 2. The van der Waals surface area contributed by atoms with Gasteiger partial charge in [0, 0.05) is 11.5 Å². The van der Waals surface area contributed by atoms with E-state index in [1.807, 2.05) is 22.9 Å². The van der Waals surface area contributed by atoms with Crippen LogP contribution < -0.4 is 5.73 Å². The molecular formula is C18H21N3. The third kappa shape index (κ3) is 1.47. The van der Waals surface area contributed by atoms with Crippen molar-refractivity contribution in [2.75, 3.05) is 5.73 Å². The smallest absolute Gasteiger partial charge is 0.130 e. The largest absolute Gasteiger partial charge is 0.383 e. The van der Waals surface area contributed by atoms with Crippen LogP contribution in [0.2, 0.25) is 0 Å². The number of hydrogen-bond acceptors (Lipinski definition) is 2. The zero-order valence-electron chi connectivity index (χ0n) is 12.4. The van der Waals surface area contributed by atoms with Gasteiger partial charge in [-0.25, -0.2) is 4.68 Å². The molecule has 3 saturated carbocycles. The molecule has 1 aromatic carbocycles. The highest BCUT2D eigenvalue weighted by atomic mass is 15.3. The fourth-order valence-corrected chi connectivity index (χ4v) is 5.30. The summed E-state index contributed by atoms with van der Waals surface area (Å²) in [4.78, 5) is 0. The third-order valence-electron chi connectivity index (χ3n) is 6.26. The van der Waals surface area contributed by atoms with Crippen LogP contribution in [0.4, 0.5) is 5.82 Å². The van der Waals surface area contributed by atoms with Crippen LogP contribution in [0.25, 0.3) is 5.69 Å². The molecule has 108 valence electrons. The summed E-state index contributed by atoms with van der Waals surface area (Å²) < 4.78 is 1.93. The Morgan fingerprint density at radius 1 is 1.10 bits per heavy atom. The Morgan fingerprint density at radius 2 is 1.76 bits per heavy atom. The van der Waals surface area contributed by atoms with Gasteiger partial charge < -0.3 is 5.73 Å². The number of anilines is 1. The van der Waals surface area contributed by atoms with Crippen molar-refractivity contribution in [3.8, 4) is 5.69 Å². The van der Waals surface area contributed by atoms with E-state index >= 15 is 0 Å². The molecule has 3 aliphatic rings. The van der Waals surface area contributed by atoms with E-state index in [1.165, 1.54) is 30.5 Å². The number of rotatable bonds is 2. The van der Waals surface area contributed by atoms with E-state index in [1.54, 1.807) is 0 Å². The van der Waals surface area contributed by atoms with E-state index in [9.17, 15) is 0 Å². The zero-order valence-corrected chi connectivity index (χ0v) is 12.4. The lowest BCUT2D eigenvalue weighted by molar-refractivity contribution is 0.456. The van der Waals surface area contributed by atoms with Crippen molar-refractivity contribution in [3.63, 3.8) is 0 Å². The number of fused-ring (bicyclic) bond motifs is 5. The Morgan fingerprint density at radius 3 is 2.43 bits per heavy atom. The van der Waals surface area contributed by atoms with Crippen LogP contribution in [-0.2, 0) is 0 Å². The topological polar surface area (TPSA) is 43.8 Å². The van der Waals surface area contributed by atoms with Gasteiger partial charge in [-0.05, 0) is 62.0 Å². The number of nitrogens with two attached hydrogens (primary N) is 1. The Bertz CT molecular complexity index is 687. The van der Waals surface area contributed by atoms with E-state index < -0.39 is 0 Å². The maximum absolute atomic E-state index is 6.34. The van der Waals surface area contributed by atoms with Crippen LogP contribution in [-0.4, -0.2) is 9.78 Å². The third-order valence-corrected chi connectivity index (χ3v) is 6.26. The molecule has 2 aromatic rings. The molecule has 3 heteroatoms. The summed E-state index contributed by atoms with van der Waals surface area (Å²) in [5, 5.41) is 4.91. The quantitative estimate of drug-likeness (QED) is 0.914. The molecule has 0 aliphatic heterocycles. The highest BCUT2D eigenvalue weighted by molar-refractivity contribution is 5.52. The number of nitrogens with zero attached hydrogens (tertiary/aromatic N) is 2. The van der Waals surface area contributed by atoms with Crippen LogP contribution in [0.5, 0.6) is 0 Å². The normalized spacial score (nSPS) is 36.0. The lowest BCUT2D eigenvalue weighted by atomic mass is 9.99. The highest BCUT2D eigenvalue weighted by Gasteiger charge is 2.66.